The molecule has 2 unspecified atom stereocenters. The van der Waals surface area contributed by atoms with E-state index in [2.05, 4.69) is 5.32 Å². The predicted molar refractivity (Wildman–Crippen MR) is 63.4 cm³/mol. The molecule has 0 amide bonds. The summed E-state index contributed by atoms with van der Waals surface area (Å²) in [4.78, 5) is 0. The summed E-state index contributed by atoms with van der Waals surface area (Å²) in [5.41, 5.74) is 6.25. The van der Waals surface area contributed by atoms with Crippen LogP contribution in [0.2, 0.25) is 0 Å². The van der Waals surface area contributed by atoms with Crippen LogP contribution < -0.4 is 11.1 Å². The van der Waals surface area contributed by atoms with E-state index in [-0.39, 0.29) is 11.9 Å². The molecule has 0 bridgehead atoms. The van der Waals surface area contributed by atoms with Gasteiger partial charge in [0.15, 0.2) is 0 Å². The minimum Gasteiger partial charge on any atom is -0.328 e. The van der Waals surface area contributed by atoms with E-state index >= 15 is 0 Å². The Balaban J connectivity index is 1.90. The number of benzene rings is 1. The average molecular weight is 240 g/mol. The summed E-state index contributed by atoms with van der Waals surface area (Å²) in [5.74, 6) is -0.762. The third kappa shape index (κ3) is 3.48. The summed E-state index contributed by atoms with van der Waals surface area (Å²) in [6.45, 7) is 0.362. The topological polar surface area (TPSA) is 38.0 Å². The van der Waals surface area contributed by atoms with E-state index in [4.69, 9.17) is 5.73 Å². The number of rotatable bonds is 3. The third-order valence-electron chi connectivity index (χ3n) is 3.30. The highest BCUT2D eigenvalue weighted by atomic mass is 19.1. The van der Waals surface area contributed by atoms with Gasteiger partial charge in [0, 0.05) is 24.2 Å². The van der Waals surface area contributed by atoms with E-state index in [1.54, 1.807) is 0 Å². The van der Waals surface area contributed by atoms with Gasteiger partial charge in [-0.25, -0.2) is 8.78 Å². The van der Waals surface area contributed by atoms with Crippen molar-refractivity contribution < 1.29 is 8.78 Å². The smallest absolute Gasteiger partial charge is 0.127 e. The average Bonchev–Trinajstić information content (AvgIpc) is 2.30. The van der Waals surface area contributed by atoms with Gasteiger partial charge in [-0.2, -0.15) is 0 Å². The van der Waals surface area contributed by atoms with E-state index in [9.17, 15) is 8.78 Å². The second-order valence-corrected chi connectivity index (χ2v) is 4.74. The Morgan fingerprint density at radius 2 is 2.12 bits per heavy atom. The summed E-state index contributed by atoms with van der Waals surface area (Å²) < 4.78 is 26.3. The number of halogens is 2. The minimum atomic E-state index is -0.399. The Morgan fingerprint density at radius 1 is 1.29 bits per heavy atom. The van der Waals surface area contributed by atoms with Crippen LogP contribution in [-0.2, 0) is 6.54 Å². The lowest BCUT2D eigenvalue weighted by molar-refractivity contribution is 0.337. The van der Waals surface area contributed by atoms with E-state index in [1.807, 2.05) is 0 Å². The predicted octanol–water partition coefficient (Wildman–Crippen LogP) is 2.32. The van der Waals surface area contributed by atoms with Gasteiger partial charge in [0.2, 0.25) is 0 Å². The maximum absolute atomic E-state index is 13.4. The molecule has 2 nitrogen and oxygen atoms in total. The maximum Gasteiger partial charge on any atom is 0.127 e. The number of hydrogen-bond donors (Lipinski definition) is 2. The molecule has 0 saturated heterocycles. The molecule has 0 heterocycles. The van der Waals surface area contributed by atoms with Crippen molar-refractivity contribution in [2.75, 3.05) is 0 Å². The SMILES string of the molecule is NC1CCCC(NCc2cc(F)ccc2F)C1. The molecular weight excluding hydrogens is 222 g/mol. The fourth-order valence-electron chi connectivity index (χ4n) is 2.35. The molecule has 94 valence electrons. The van der Waals surface area contributed by atoms with Crippen LogP contribution in [0.4, 0.5) is 8.78 Å². The molecule has 1 aromatic rings. The van der Waals surface area contributed by atoms with Gasteiger partial charge >= 0.3 is 0 Å². The summed E-state index contributed by atoms with van der Waals surface area (Å²) in [6.07, 6.45) is 4.14. The van der Waals surface area contributed by atoms with Crippen molar-refractivity contribution in [1.29, 1.82) is 0 Å². The maximum atomic E-state index is 13.4. The normalized spacial score (nSPS) is 24.9. The van der Waals surface area contributed by atoms with Crippen molar-refractivity contribution in [3.8, 4) is 0 Å². The zero-order valence-corrected chi connectivity index (χ0v) is 9.76. The van der Waals surface area contributed by atoms with E-state index in [0.717, 1.165) is 31.7 Å². The summed E-state index contributed by atoms with van der Waals surface area (Å²) in [7, 11) is 0. The summed E-state index contributed by atoms with van der Waals surface area (Å²) >= 11 is 0. The van der Waals surface area contributed by atoms with Crippen LogP contribution in [0.15, 0.2) is 18.2 Å². The molecule has 1 fully saturated rings. The van der Waals surface area contributed by atoms with Crippen molar-refractivity contribution in [1.82, 2.24) is 5.32 Å². The largest absolute Gasteiger partial charge is 0.328 e. The standard InChI is InChI=1S/C13H18F2N2/c14-10-4-5-13(15)9(6-10)8-17-12-3-1-2-11(16)7-12/h4-6,11-12,17H,1-3,7-8,16H2. The van der Waals surface area contributed by atoms with Gasteiger partial charge < -0.3 is 11.1 Å². The van der Waals surface area contributed by atoms with Crippen molar-refractivity contribution in [2.45, 2.75) is 44.3 Å². The van der Waals surface area contributed by atoms with Crippen LogP contribution in [0.1, 0.15) is 31.2 Å². The quantitative estimate of drug-likeness (QED) is 0.851. The highest BCUT2D eigenvalue weighted by molar-refractivity contribution is 5.18. The Morgan fingerprint density at radius 3 is 2.88 bits per heavy atom. The van der Waals surface area contributed by atoms with Gasteiger partial charge in [-0.3, -0.25) is 0 Å². The Labute approximate surface area is 100 Å². The number of nitrogens with two attached hydrogens (primary N) is 1. The molecule has 1 aliphatic rings. The van der Waals surface area contributed by atoms with Crippen LogP contribution in [0.3, 0.4) is 0 Å². The first-order valence-electron chi connectivity index (χ1n) is 6.08. The minimum absolute atomic E-state index is 0.235. The van der Waals surface area contributed by atoms with E-state index in [1.165, 1.54) is 12.1 Å². The number of hydrogen-bond acceptors (Lipinski definition) is 2. The highest BCUT2D eigenvalue weighted by Gasteiger charge is 2.18. The fraction of sp³-hybridized carbons (Fsp3) is 0.538. The Hall–Kier alpha value is -1.00. The molecule has 0 spiro atoms. The zero-order valence-electron chi connectivity index (χ0n) is 9.76. The van der Waals surface area contributed by atoms with Gasteiger partial charge in [0.05, 0.1) is 0 Å². The first-order valence-corrected chi connectivity index (χ1v) is 6.08. The number of nitrogens with one attached hydrogen (secondary N) is 1. The molecule has 2 atom stereocenters. The molecular formula is C13H18F2N2. The van der Waals surface area contributed by atoms with Crippen molar-refractivity contribution in [3.63, 3.8) is 0 Å². The Bertz CT molecular complexity index is 382. The lowest BCUT2D eigenvalue weighted by Crippen LogP contribution is -2.39. The van der Waals surface area contributed by atoms with Gasteiger partial charge in [0.25, 0.3) is 0 Å². The first-order chi connectivity index (χ1) is 8.15. The van der Waals surface area contributed by atoms with Crippen LogP contribution >= 0.6 is 0 Å². The lowest BCUT2D eigenvalue weighted by atomic mass is 9.91. The van der Waals surface area contributed by atoms with E-state index < -0.39 is 5.82 Å². The molecule has 17 heavy (non-hydrogen) atoms. The van der Waals surface area contributed by atoms with Gasteiger partial charge in [0.1, 0.15) is 11.6 Å². The van der Waals surface area contributed by atoms with E-state index in [0.29, 0.717) is 18.2 Å². The Kier molecular flexibility index (Phi) is 4.07. The van der Waals surface area contributed by atoms with Crippen LogP contribution in [-0.4, -0.2) is 12.1 Å². The molecule has 0 aromatic heterocycles. The van der Waals surface area contributed by atoms with Crippen molar-refractivity contribution >= 4 is 0 Å². The van der Waals surface area contributed by atoms with Gasteiger partial charge in [-0.15, -0.1) is 0 Å². The van der Waals surface area contributed by atoms with Gasteiger partial charge in [-0.05, 0) is 37.5 Å². The van der Waals surface area contributed by atoms with Crippen molar-refractivity contribution in [2.24, 2.45) is 5.73 Å². The fourth-order valence-corrected chi connectivity index (χ4v) is 2.35. The molecule has 0 radical (unpaired) electrons. The van der Waals surface area contributed by atoms with Crippen LogP contribution in [0.5, 0.6) is 0 Å². The molecule has 1 aliphatic carbocycles. The zero-order chi connectivity index (χ0) is 12.3. The summed E-state index contributed by atoms with van der Waals surface area (Å²) in [6, 6.07) is 4.10. The second-order valence-electron chi connectivity index (χ2n) is 4.74. The molecule has 1 saturated carbocycles. The summed E-state index contributed by atoms with van der Waals surface area (Å²) in [5, 5.41) is 3.25. The molecule has 2 rings (SSSR count). The first kappa shape index (κ1) is 12.5. The highest BCUT2D eigenvalue weighted by Crippen LogP contribution is 2.18. The molecule has 3 N–H and O–H groups in total. The van der Waals surface area contributed by atoms with Crippen LogP contribution in [0.25, 0.3) is 0 Å². The molecule has 0 aliphatic heterocycles. The molecule has 4 heteroatoms. The van der Waals surface area contributed by atoms with Crippen molar-refractivity contribution in [3.05, 3.63) is 35.4 Å². The second kappa shape index (κ2) is 5.56. The van der Waals surface area contributed by atoms with Gasteiger partial charge in [-0.1, -0.05) is 6.42 Å². The lowest BCUT2D eigenvalue weighted by Gasteiger charge is -2.27. The third-order valence-corrected chi connectivity index (χ3v) is 3.30. The monoisotopic (exact) mass is 240 g/mol. The van der Waals surface area contributed by atoms with Crippen LogP contribution in [0, 0.1) is 11.6 Å². The molecule has 1 aromatic carbocycles.